The number of aliphatic imine (C=N–C) groups is 1. The largest absolute Gasteiger partial charge is 0.379 e. The highest BCUT2D eigenvalue weighted by molar-refractivity contribution is 14.0. The molecule has 1 saturated heterocycles. The van der Waals surface area contributed by atoms with Gasteiger partial charge in [0.05, 0.1) is 19.7 Å². The molecule has 1 aliphatic carbocycles. The predicted octanol–water partition coefficient (Wildman–Crippen LogP) is 1.70. The van der Waals surface area contributed by atoms with Crippen LogP contribution in [0.15, 0.2) is 29.3 Å². The molecule has 0 bridgehead atoms. The van der Waals surface area contributed by atoms with Crippen molar-refractivity contribution in [2.75, 3.05) is 53.0 Å². The lowest BCUT2D eigenvalue weighted by Crippen LogP contribution is -2.49. The number of ether oxygens (including phenoxy) is 1. The summed E-state index contributed by atoms with van der Waals surface area (Å²) in [4.78, 5) is 32.4. The number of rotatable bonds is 9. The lowest BCUT2D eigenvalue weighted by atomic mass is 10.1. The summed E-state index contributed by atoms with van der Waals surface area (Å²) in [6.07, 6.45) is 2.61. The first kappa shape index (κ1) is 25.4. The van der Waals surface area contributed by atoms with Crippen molar-refractivity contribution in [2.45, 2.75) is 26.3 Å². The Morgan fingerprint density at radius 2 is 2.06 bits per heavy atom. The zero-order valence-corrected chi connectivity index (χ0v) is 20.8. The molecule has 8 nitrogen and oxygen atoms in total. The molecule has 0 spiro atoms. The third kappa shape index (κ3) is 8.29. The van der Waals surface area contributed by atoms with Crippen molar-refractivity contribution < 1.29 is 14.3 Å². The van der Waals surface area contributed by atoms with Crippen LogP contribution in [-0.2, 0) is 16.1 Å². The minimum Gasteiger partial charge on any atom is -0.379 e. The van der Waals surface area contributed by atoms with Crippen molar-refractivity contribution in [1.29, 1.82) is 0 Å². The Hall–Kier alpha value is -1.88. The van der Waals surface area contributed by atoms with Gasteiger partial charge < -0.3 is 25.2 Å². The van der Waals surface area contributed by atoms with Gasteiger partial charge in [-0.25, -0.2) is 4.99 Å². The average Bonchev–Trinajstić information content (AvgIpc) is 3.58. The number of amides is 2. The van der Waals surface area contributed by atoms with Crippen LogP contribution < -0.4 is 10.6 Å². The van der Waals surface area contributed by atoms with Crippen LogP contribution in [-0.4, -0.2) is 80.6 Å². The van der Waals surface area contributed by atoms with E-state index in [-0.39, 0.29) is 42.3 Å². The molecule has 0 radical (unpaired) electrons. The van der Waals surface area contributed by atoms with E-state index in [1.165, 1.54) is 12.8 Å². The molecule has 0 atom stereocenters. The van der Waals surface area contributed by atoms with Gasteiger partial charge in [0.1, 0.15) is 0 Å². The Kier molecular flexibility index (Phi) is 10.5. The molecular weight excluding hydrogens is 509 g/mol. The molecule has 172 valence electrons. The number of hydrogen-bond acceptors (Lipinski definition) is 4. The van der Waals surface area contributed by atoms with Gasteiger partial charge in [-0.05, 0) is 43.4 Å². The number of carbonyl (C=O) groups excluding carboxylic acids is 2. The summed E-state index contributed by atoms with van der Waals surface area (Å²) < 4.78 is 5.73. The van der Waals surface area contributed by atoms with E-state index in [0.29, 0.717) is 31.8 Å². The number of carbonyl (C=O) groups is 2. The zero-order chi connectivity index (χ0) is 21.3. The van der Waals surface area contributed by atoms with Gasteiger partial charge in [-0.3, -0.25) is 9.59 Å². The van der Waals surface area contributed by atoms with Gasteiger partial charge in [0.15, 0.2) is 5.96 Å². The number of nitrogens with zero attached hydrogens (tertiary/aromatic N) is 3. The number of hydrogen-bond donors (Lipinski definition) is 2. The van der Waals surface area contributed by atoms with Gasteiger partial charge in [0.25, 0.3) is 5.91 Å². The van der Waals surface area contributed by atoms with E-state index in [1.54, 1.807) is 4.90 Å². The summed E-state index contributed by atoms with van der Waals surface area (Å²) in [7, 11) is 2.01. The lowest BCUT2D eigenvalue weighted by molar-refractivity contribution is -0.123. The fraction of sp³-hybridized carbons (Fsp3) is 0.591. The van der Waals surface area contributed by atoms with E-state index >= 15 is 0 Å². The van der Waals surface area contributed by atoms with Crippen LogP contribution in [0.5, 0.6) is 0 Å². The second kappa shape index (κ2) is 12.8. The molecule has 2 N–H and O–H groups in total. The molecule has 0 unspecified atom stereocenters. The molecule has 1 aromatic carbocycles. The van der Waals surface area contributed by atoms with Crippen LogP contribution in [0.3, 0.4) is 0 Å². The van der Waals surface area contributed by atoms with Crippen molar-refractivity contribution >= 4 is 41.8 Å². The minimum atomic E-state index is -0.112. The number of guanidine groups is 1. The summed E-state index contributed by atoms with van der Waals surface area (Å²) in [6, 6.07) is 7.45. The summed E-state index contributed by atoms with van der Waals surface area (Å²) in [5.74, 6) is 1.39. The first-order valence-electron chi connectivity index (χ1n) is 10.8. The van der Waals surface area contributed by atoms with Crippen LogP contribution in [0.2, 0.25) is 0 Å². The standard InChI is InChI=1S/C22H33N5O3.HI/c1-3-23-22(26(2)12-13-30-16-18-4-5-18)25-14-17-6-8-19(9-7-17)21(29)27-11-10-24-20(28)15-27;/h6-9,18H,3-5,10-16H2,1-2H3,(H,23,25)(H,24,28);1H. The van der Waals surface area contributed by atoms with Crippen LogP contribution >= 0.6 is 24.0 Å². The maximum absolute atomic E-state index is 12.6. The van der Waals surface area contributed by atoms with Gasteiger partial charge in [0, 0.05) is 45.4 Å². The molecule has 2 aliphatic rings. The summed E-state index contributed by atoms with van der Waals surface area (Å²) in [5.41, 5.74) is 1.62. The van der Waals surface area contributed by atoms with Crippen LogP contribution in [0.25, 0.3) is 0 Å². The van der Waals surface area contributed by atoms with E-state index in [1.807, 2.05) is 38.2 Å². The Morgan fingerprint density at radius 3 is 2.71 bits per heavy atom. The SMILES string of the molecule is CCNC(=NCc1ccc(C(=O)N2CCNC(=O)C2)cc1)N(C)CCOCC1CC1.I. The fourth-order valence-electron chi connectivity index (χ4n) is 3.22. The van der Waals surface area contributed by atoms with Crippen molar-refractivity contribution in [2.24, 2.45) is 10.9 Å². The normalized spacial score (nSPS) is 16.4. The molecule has 3 rings (SSSR count). The van der Waals surface area contributed by atoms with Gasteiger partial charge in [-0.1, -0.05) is 12.1 Å². The van der Waals surface area contributed by atoms with Crippen molar-refractivity contribution in [3.05, 3.63) is 35.4 Å². The van der Waals surface area contributed by atoms with Crippen molar-refractivity contribution in [3.63, 3.8) is 0 Å². The molecule has 2 amide bonds. The number of nitrogens with one attached hydrogen (secondary N) is 2. The maximum atomic E-state index is 12.6. The highest BCUT2D eigenvalue weighted by Crippen LogP contribution is 2.28. The lowest BCUT2D eigenvalue weighted by Gasteiger charge is -2.26. The Balaban J connectivity index is 0.00000341. The van der Waals surface area contributed by atoms with E-state index in [0.717, 1.165) is 37.1 Å². The minimum absolute atomic E-state index is 0. The number of benzene rings is 1. The molecule has 1 heterocycles. The van der Waals surface area contributed by atoms with Crippen molar-refractivity contribution in [1.82, 2.24) is 20.4 Å². The van der Waals surface area contributed by atoms with Crippen LogP contribution in [0.4, 0.5) is 0 Å². The Morgan fingerprint density at radius 1 is 1.32 bits per heavy atom. The van der Waals surface area contributed by atoms with Crippen LogP contribution in [0.1, 0.15) is 35.7 Å². The van der Waals surface area contributed by atoms with Gasteiger partial charge in [-0.15, -0.1) is 24.0 Å². The monoisotopic (exact) mass is 543 g/mol. The van der Waals surface area contributed by atoms with E-state index in [9.17, 15) is 9.59 Å². The van der Waals surface area contributed by atoms with Gasteiger partial charge >= 0.3 is 0 Å². The summed E-state index contributed by atoms with van der Waals surface area (Å²) >= 11 is 0. The molecule has 1 aromatic rings. The molecule has 31 heavy (non-hydrogen) atoms. The Bertz CT molecular complexity index is 752. The fourth-order valence-corrected chi connectivity index (χ4v) is 3.22. The number of piperazine rings is 1. The summed E-state index contributed by atoms with van der Waals surface area (Å²) in [6.45, 7) is 6.89. The van der Waals surface area contributed by atoms with E-state index in [4.69, 9.17) is 9.73 Å². The molecule has 1 saturated carbocycles. The average molecular weight is 543 g/mol. The van der Waals surface area contributed by atoms with E-state index < -0.39 is 0 Å². The van der Waals surface area contributed by atoms with Crippen molar-refractivity contribution in [3.8, 4) is 0 Å². The number of likely N-dealkylation sites (N-methyl/N-ethyl adjacent to an activating group) is 1. The molecule has 0 aromatic heterocycles. The van der Waals surface area contributed by atoms with Crippen LogP contribution in [0, 0.1) is 5.92 Å². The maximum Gasteiger partial charge on any atom is 0.254 e. The smallest absolute Gasteiger partial charge is 0.254 e. The first-order valence-corrected chi connectivity index (χ1v) is 10.8. The number of halogens is 1. The second-order valence-electron chi connectivity index (χ2n) is 7.88. The highest BCUT2D eigenvalue weighted by Gasteiger charge is 2.22. The topological polar surface area (TPSA) is 86.3 Å². The first-order chi connectivity index (χ1) is 14.6. The third-order valence-corrected chi connectivity index (χ3v) is 5.26. The van der Waals surface area contributed by atoms with Gasteiger partial charge in [-0.2, -0.15) is 0 Å². The second-order valence-corrected chi connectivity index (χ2v) is 7.88. The molecule has 9 heteroatoms. The zero-order valence-electron chi connectivity index (χ0n) is 18.4. The van der Waals surface area contributed by atoms with Gasteiger partial charge in [0.2, 0.25) is 5.91 Å². The van der Waals surface area contributed by atoms with E-state index in [2.05, 4.69) is 15.5 Å². The molecule has 1 aliphatic heterocycles. The quantitative estimate of drug-likeness (QED) is 0.215. The highest BCUT2D eigenvalue weighted by atomic mass is 127. The third-order valence-electron chi connectivity index (χ3n) is 5.26. The molecule has 2 fully saturated rings. The predicted molar refractivity (Wildman–Crippen MR) is 132 cm³/mol. The molecular formula is C22H34IN5O3. The Labute approximate surface area is 201 Å². The summed E-state index contributed by atoms with van der Waals surface area (Å²) in [5, 5.41) is 6.05.